The molecule has 1 fully saturated rings. The molecule has 2 atom stereocenters. The van der Waals surface area contributed by atoms with Crippen LogP contribution in [0.2, 0.25) is 0 Å². The second-order valence-electron chi connectivity index (χ2n) is 8.59. The van der Waals surface area contributed by atoms with Crippen LogP contribution < -0.4 is 5.32 Å². The maximum Gasteiger partial charge on any atom is 0.233 e. The van der Waals surface area contributed by atoms with Gasteiger partial charge >= 0.3 is 0 Å². The summed E-state index contributed by atoms with van der Waals surface area (Å²) in [6.45, 7) is 6.34. The summed E-state index contributed by atoms with van der Waals surface area (Å²) >= 11 is 1.30. The molecule has 3 aromatic rings. The second-order valence-corrected chi connectivity index (χ2v) is 9.90. The van der Waals surface area contributed by atoms with Gasteiger partial charge in [0.1, 0.15) is 11.6 Å². The van der Waals surface area contributed by atoms with Crippen LogP contribution in [-0.4, -0.2) is 43.9 Å². The lowest BCUT2D eigenvalue weighted by atomic mass is 10.1. The lowest BCUT2D eigenvalue weighted by Gasteiger charge is -2.26. The van der Waals surface area contributed by atoms with Gasteiger partial charge in [0.15, 0.2) is 11.0 Å². The van der Waals surface area contributed by atoms with Gasteiger partial charge in [-0.1, -0.05) is 30.3 Å². The number of hydrogen-bond donors (Lipinski definition) is 1. The molecule has 1 aromatic heterocycles. The summed E-state index contributed by atoms with van der Waals surface area (Å²) in [5.41, 5.74) is 1.58. The molecule has 6 nitrogen and oxygen atoms in total. The number of nitrogens with zero attached hydrogens (tertiary/aromatic N) is 4. The summed E-state index contributed by atoms with van der Waals surface area (Å²) < 4.78 is 28.7. The van der Waals surface area contributed by atoms with Gasteiger partial charge in [0, 0.05) is 5.69 Å². The summed E-state index contributed by atoms with van der Waals surface area (Å²) in [7, 11) is 0. The highest BCUT2D eigenvalue weighted by Crippen LogP contribution is 2.27. The van der Waals surface area contributed by atoms with Crippen molar-refractivity contribution in [1.82, 2.24) is 25.0 Å². The number of piperidine rings is 1. The first kappa shape index (κ1) is 24.3. The maximum absolute atomic E-state index is 13.6. The average molecular weight is 486 g/mol. The topological polar surface area (TPSA) is 63.1 Å². The van der Waals surface area contributed by atoms with Gasteiger partial charge in [0.25, 0.3) is 0 Å². The molecule has 4 rings (SSSR count). The molecule has 1 aliphatic rings. The van der Waals surface area contributed by atoms with Gasteiger partial charge in [0.05, 0.1) is 17.8 Å². The number of amides is 1. The number of rotatable bonds is 8. The van der Waals surface area contributed by atoms with Crippen molar-refractivity contribution in [2.24, 2.45) is 0 Å². The van der Waals surface area contributed by atoms with Crippen molar-refractivity contribution in [3.05, 3.63) is 71.6 Å². The van der Waals surface area contributed by atoms with E-state index in [1.807, 2.05) is 18.4 Å². The molecule has 1 aliphatic heterocycles. The number of hydrogen-bond acceptors (Lipinski definition) is 5. The maximum atomic E-state index is 13.6. The van der Waals surface area contributed by atoms with E-state index in [2.05, 4.69) is 20.4 Å². The molecular formula is C25H29F2N5OS. The monoisotopic (exact) mass is 485 g/mol. The van der Waals surface area contributed by atoms with Crippen LogP contribution in [0, 0.1) is 11.6 Å². The Balaban J connectivity index is 1.51. The molecule has 0 unspecified atom stereocenters. The van der Waals surface area contributed by atoms with E-state index in [9.17, 15) is 13.6 Å². The highest BCUT2D eigenvalue weighted by molar-refractivity contribution is 8.00. The third-order valence-corrected chi connectivity index (χ3v) is 7.02. The number of benzene rings is 2. The Morgan fingerprint density at radius 2 is 1.59 bits per heavy atom. The summed E-state index contributed by atoms with van der Waals surface area (Å²) in [5, 5.41) is 11.9. The smallest absolute Gasteiger partial charge is 0.233 e. The van der Waals surface area contributed by atoms with Crippen molar-refractivity contribution < 1.29 is 13.6 Å². The zero-order chi connectivity index (χ0) is 24.1. The molecule has 0 spiro atoms. The summed E-state index contributed by atoms with van der Waals surface area (Å²) in [6.07, 6.45) is 3.57. The van der Waals surface area contributed by atoms with Crippen molar-refractivity contribution in [1.29, 1.82) is 0 Å². The molecule has 0 bridgehead atoms. The number of carbonyl (C=O) groups excluding carboxylic acids is 1. The molecule has 2 aromatic carbocycles. The van der Waals surface area contributed by atoms with Crippen molar-refractivity contribution in [2.75, 3.05) is 13.1 Å². The zero-order valence-electron chi connectivity index (χ0n) is 19.4. The van der Waals surface area contributed by atoms with Crippen molar-refractivity contribution in [3.8, 4) is 5.69 Å². The molecule has 1 N–H and O–H groups in total. The Kier molecular flexibility index (Phi) is 7.95. The van der Waals surface area contributed by atoms with E-state index in [4.69, 9.17) is 0 Å². The van der Waals surface area contributed by atoms with Crippen molar-refractivity contribution >= 4 is 17.7 Å². The largest absolute Gasteiger partial charge is 0.349 e. The van der Waals surface area contributed by atoms with Gasteiger partial charge in [-0.15, -0.1) is 10.2 Å². The first-order chi connectivity index (χ1) is 16.4. The third-order valence-electron chi connectivity index (χ3n) is 5.98. The van der Waals surface area contributed by atoms with E-state index in [0.29, 0.717) is 11.7 Å². The summed E-state index contributed by atoms with van der Waals surface area (Å²) in [5.74, 6) is -0.0193. The van der Waals surface area contributed by atoms with Crippen LogP contribution in [0.5, 0.6) is 0 Å². The minimum Gasteiger partial charge on any atom is -0.349 e. The van der Waals surface area contributed by atoms with Crippen molar-refractivity contribution in [2.45, 2.75) is 56.1 Å². The van der Waals surface area contributed by atoms with Crippen LogP contribution >= 0.6 is 11.8 Å². The fourth-order valence-corrected chi connectivity index (χ4v) is 4.92. The summed E-state index contributed by atoms with van der Waals surface area (Å²) in [4.78, 5) is 15.2. The molecule has 0 saturated carbocycles. The predicted octanol–water partition coefficient (Wildman–Crippen LogP) is 4.89. The lowest BCUT2D eigenvalue weighted by molar-refractivity contribution is -0.120. The summed E-state index contributed by atoms with van der Waals surface area (Å²) in [6, 6.07) is 12.0. The second kappa shape index (κ2) is 11.1. The SMILES string of the molecule is C[C@@H](Sc1nnc(CN2CCCCC2)n1-c1ccc(F)cc1)C(=O)N[C@H](C)c1ccc(F)cc1. The van der Waals surface area contributed by atoms with Gasteiger partial charge in [-0.2, -0.15) is 0 Å². The van der Waals surface area contributed by atoms with E-state index in [1.54, 1.807) is 24.3 Å². The number of aromatic nitrogens is 3. The first-order valence-electron chi connectivity index (χ1n) is 11.6. The van der Waals surface area contributed by atoms with Crippen LogP contribution in [0.4, 0.5) is 8.78 Å². The zero-order valence-corrected chi connectivity index (χ0v) is 20.2. The Bertz CT molecular complexity index is 1100. The molecule has 2 heterocycles. The molecule has 1 amide bonds. The molecular weight excluding hydrogens is 456 g/mol. The van der Waals surface area contributed by atoms with E-state index in [-0.39, 0.29) is 23.6 Å². The Morgan fingerprint density at radius 3 is 2.24 bits per heavy atom. The molecule has 180 valence electrons. The van der Waals surface area contributed by atoms with Gasteiger partial charge in [-0.05, 0) is 81.7 Å². The van der Waals surface area contributed by atoms with Gasteiger partial charge in [-0.3, -0.25) is 14.3 Å². The molecule has 9 heteroatoms. The number of halogens is 2. The van der Waals surface area contributed by atoms with Gasteiger partial charge in [0.2, 0.25) is 5.91 Å². The van der Waals surface area contributed by atoms with E-state index in [1.165, 1.54) is 42.4 Å². The number of nitrogens with one attached hydrogen (secondary N) is 1. The lowest BCUT2D eigenvalue weighted by Crippen LogP contribution is -2.33. The predicted molar refractivity (Wildman–Crippen MR) is 129 cm³/mol. The van der Waals surface area contributed by atoms with Gasteiger partial charge < -0.3 is 5.32 Å². The normalized spacial score (nSPS) is 16.2. The minimum atomic E-state index is -0.450. The fourth-order valence-electron chi connectivity index (χ4n) is 4.02. The minimum absolute atomic E-state index is 0.159. The van der Waals surface area contributed by atoms with E-state index >= 15 is 0 Å². The highest BCUT2D eigenvalue weighted by Gasteiger charge is 2.24. The van der Waals surface area contributed by atoms with Crippen molar-refractivity contribution in [3.63, 3.8) is 0 Å². The first-order valence-corrected chi connectivity index (χ1v) is 12.4. The average Bonchev–Trinajstić information content (AvgIpc) is 3.22. The van der Waals surface area contributed by atoms with Crippen LogP contribution in [0.1, 0.15) is 50.5 Å². The molecule has 1 saturated heterocycles. The molecule has 34 heavy (non-hydrogen) atoms. The number of carbonyl (C=O) groups is 1. The Hall–Kier alpha value is -2.78. The fraction of sp³-hybridized carbons (Fsp3) is 0.400. The van der Waals surface area contributed by atoms with Crippen LogP contribution in [0.15, 0.2) is 53.7 Å². The Labute approximate surface area is 202 Å². The molecule has 0 aliphatic carbocycles. The van der Waals surface area contributed by atoms with E-state index in [0.717, 1.165) is 43.0 Å². The van der Waals surface area contributed by atoms with Crippen LogP contribution in [0.25, 0.3) is 5.69 Å². The number of likely N-dealkylation sites (tertiary alicyclic amines) is 1. The number of thioether (sulfide) groups is 1. The van der Waals surface area contributed by atoms with Crippen LogP contribution in [0.3, 0.4) is 0 Å². The van der Waals surface area contributed by atoms with E-state index < -0.39 is 5.25 Å². The molecule has 0 radical (unpaired) electrons. The highest BCUT2D eigenvalue weighted by atomic mass is 32.2. The van der Waals surface area contributed by atoms with Gasteiger partial charge in [-0.25, -0.2) is 8.78 Å². The Morgan fingerprint density at radius 1 is 0.971 bits per heavy atom. The van der Waals surface area contributed by atoms with Crippen LogP contribution in [-0.2, 0) is 11.3 Å². The quantitative estimate of drug-likeness (QED) is 0.461. The standard InChI is InChI=1S/C25H29F2N5OS/c1-17(19-6-8-20(26)9-7-19)28-24(33)18(2)34-25-30-29-23(16-31-14-4-3-5-15-31)32(25)22-12-10-21(27)11-13-22/h6-13,17-18H,3-5,14-16H2,1-2H3,(H,28,33)/t17-,18-/m1/s1. The third kappa shape index (κ3) is 6.01.